The van der Waals surface area contributed by atoms with E-state index in [9.17, 15) is 4.39 Å². The molecule has 2 nitrogen and oxygen atoms in total. The molecule has 5 heteroatoms. The number of benzene rings is 1. The van der Waals surface area contributed by atoms with Crippen molar-refractivity contribution in [3.63, 3.8) is 0 Å². The molecule has 0 fully saturated rings. The lowest BCUT2D eigenvalue weighted by Gasteiger charge is -2.07. The maximum Gasteiger partial charge on any atom is 0.123 e. The monoisotopic (exact) mass is 226 g/mol. The van der Waals surface area contributed by atoms with Gasteiger partial charge >= 0.3 is 0 Å². The highest BCUT2D eigenvalue weighted by Gasteiger charge is 2.01. The first-order valence-corrected chi connectivity index (χ1v) is 3.45. The molecule has 0 heterocycles. The Labute approximate surface area is 89.3 Å². The molecule has 0 aliphatic rings. The third kappa shape index (κ3) is 4.43. The Morgan fingerprint density at radius 2 is 1.62 bits per heavy atom. The molecular formula is C8H13Cl2FN2. The molecule has 76 valence electrons. The normalized spacial score (nSPS) is 11.0. The van der Waals surface area contributed by atoms with Crippen LogP contribution in [0, 0.1) is 5.82 Å². The van der Waals surface area contributed by atoms with Crippen molar-refractivity contribution in [1.82, 2.24) is 0 Å². The van der Waals surface area contributed by atoms with Crippen molar-refractivity contribution in [3.8, 4) is 0 Å². The van der Waals surface area contributed by atoms with Gasteiger partial charge in [0.25, 0.3) is 0 Å². The van der Waals surface area contributed by atoms with Crippen LogP contribution in [0.4, 0.5) is 4.39 Å². The Morgan fingerprint density at radius 3 is 2.00 bits per heavy atom. The van der Waals surface area contributed by atoms with Crippen molar-refractivity contribution in [2.24, 2.45) is 11.5 Å². The molecular weight excluding hydrogens is 214 g/mol. The van der Waals surface area contributed by atoms with E-state index < -0.39 is 0 Å². The van der Waals surface area contributed by atoms with Crippen LogP contribution in [0.2, 0.25) is 0 Å². The van der Waals surface area contributed by atoms with Crippen LogP contribution in [0.5, 0.6) is 0 Å². The molecule has 0 aromatic heterocycles. The molecule has 0 amide bonds. The minimum Gasteiger partial charge on any atom is -0.329 e. The van der Waals surface area contributed by atoms with Crippen LogP contribution >= 0.6 is 24.8 Å². The molecule has 4 N–H and O–H groups in total. The van der Waals surface area contributed by atoms with E-state index in [2.05, 4.69) is 0 Å². The molecule has 0 radical (unpaired) electrons. The van der Waals surface area contributed by atoms with Gasteiger partial charge in [-0.3, -0.25) is 0 Å². The summed E-state index contributed by atoms with van der Waals surface area (Å²) in [6, 6.07) is 5.87. The van der Waals surface area contributed by atoms with Gasteiger partial charge in [0, 0.05) is 12.6 Å². The van der Waals surface area contributed by atoms with E-state index in [0.29, 0.717) is 6.54 Å². The standard InChI is InChI=1S/C8H11FN2.2ClH/c9-7-3-1-6(2-4-7)8(11)5-10;;/h1-4,8H,5,10-11H2;2*1H/t8-;;/m0../s1. The van der Waals surface area contributed by atoms with Crippen LogP contribution in [0.3, 0.4) is 0 Å². The zero-order chi connectivity index (χ0) is 8.27. The largest absolute Gasteiger partial charge is 0.329 e. The average molecular weight is 227 g/mol. The van der Waals surface area contributed by atoms with Crippen molar-refractivity contribution >= 4 is 24.8 Å². The number of hydrogen-bond acceptors (Lipinski definition) is 2. The molecule has 1 aromatic rings. The Morgan fingerprint density at radius 1 is 1.15 bits per heavy atom. The van der Waals surface area contributed by atoms with Gasteiger partial charge in [0.05, 0.1) is 0 Å². The first-order valence-electron chi connectivity index (χ1n) is 3.45. The highest BCUT2D eigenvalue weighted by atomic mass is 35.5. The van der Waals surface area contributed by atoms with Gasteiger partial charge in [-0.15, -0.1) is 24.8 Å². The maximum absolute atomic E-state index is 12.4. The molecule has 1 atom stereocenters. The summed E-state index contributed by atoms with van der Waals surface area (Å²) in [4.78, 5) is 0. The van der Waals surface area contributed by atoms with Gasteiger partial charge in [-0.1, -0.05) is 12.1 Å². The van der Waals surface area contributed by atoms with Crippen LogP contribution in [0.25, 0.3) is 0 Å². The first kappa shape index (κ1) is 15.1. The average Bonchev–Trinajstić information content (AvgIpc) is 2.05. The third-order valence-corrected chi connectivity index (χ3v) is 1.55. The second-order valence-electron chi connectivity index (χ2n) is 2.39. The number of hydrogen-bond donors (Lipinski definition) is 2. The summed E-state index contributed by atoms with van der Waals surface area (Å²) in [5.41, 5.74) is 11.8. The predicted molar refractivity (Wildman–Crippen MR) is 56.9 cm³/mol. The number of nitrogens with two attached hydrogens (primary N) is 2. The highest BCUT2D eigenvalue weighted by molar-refractivity contribution is 5.85. The smallest absolute Gasteiger partial charge is 0.123 e. The molecule has 0 unspecified atom stereocenters. The summed E-state index contributed by atoms with van der Waals surface area (Å²) in [6.07, 6.45) is 0. The van der Waals surface area contributed by atoms with Crippen LogP contribution in [-0.4, -0.2) is 6.54 Å². The molecule has 0 aliphatic carbocycles. The molecule has 0 saturated heterocycles. The van der Waals surface area contributed by atoms with Crippen LogP contribution in [0.15, 0.2) is 24.3 Å². The van der Waals surface area contributed by atoms with Gasteiger partial charge in [0.1, 0.15) is 5.82 Å². The molecule has 0 saturated carbocycles. The Hall–Kier alpha value is -0.350. The van der Waals surface area contributed by atoms with E-state index in [1.165, 1.54) is 12.1 Å². The van der Waals surface area contributed by atoms with Crippen molar-refractivity contribution < 1.29 is 4.39 Å². The summed E-state index contributed by atoms with van der Waals surface area (Å²) < 4.78 is 12.4. The Bertz CT molecular complexity index is 228. The van der Waals surface area contributed by atoms with Gasteiger partial charge in [-0.05, 0) is 17.7 Å². The van der Waals surface area contributed by atoms with E-state index in [1.54, 1.807) is 12.1 Å². The SMILES string of the molecule is Cl.Cl.NC[C@H](N)c1ccc(F)cc1. The maximum atomic E-state index is 12.4. The van der Waals surface area contributed by atoms with Gasteiger partial charge in [-0.2, -0.15) is 0 Å². The quantitative estimate of drug-likeness (QED) is 0.806. The molecule has 1 aromatic carbocycles. The van der Waals surface area contributed by atoms with Crippen molar-refractivity contribution in [2.45, 2.75) is 6.04 Å². The molecule has 1 rings (SSSR count). The summed E-state index contributed by atoms with van der Waals surface area (Å²) in [6.45, 7) is 0.381. The van der Waals surface area contributed by atoms with E-state index in [-0.39, 0.29) is 36.7 Å². The van der Waals surface area contributed by atoms with E-state index >= 15 is 0 Å². The zero-order valence-electron chi connectivity index (χ0n) is 6.94. The summed E-state index contributed by atoms with van der Waals surface area (Å²) >= 11 is 0. The number of rotatable bonds is 2. The minimum absolute atomic E-state index is 0. The number of halogens is 3. The summed E-state index contributed by atoms with van der Waals surface area (Å²) in [7, 11) is 0. The Kier molecular flexibility index (Phi) is 8.26. The first-order chi connectivity index (χ1) is 5.24. The highest BCUT2D eigenvalue weighted by Crippen LogP contribution is 2.08. The Balaban J connectivity index is 0. The molecule has 0 aliphatic heterocycles. The van der Waals surface area contributed by atoms with E-state index in [0.717, 1.165) is 5.56 Å². The zero-order valence-corrected chi connectivity index (χ0v) is 8.58. The third-order valence-electron chi connectivity index (χ3n) is 1.55. The lowest BCUT2D eigenvalue weighted by Crippen LogP contribution is -2.20. The second-order valence-corrected chi connectivity index (χ2v) is 2.39. The lowest BCUT2D eigenvalue weighted by molar-refractivity contribution is 0.625. The van der Waals surface area contributed by atoms with Crippen molar-refractivity contribution in [2.75, 3.05) is 6.54 Å². The van der Waals surface area contributed by atoms with Crippen LogP contribution < -0.4 is 11.5 Å². The van der Waals surface area contributed by atoms with E-state index in [1.807, 2.05) is 0 Å². The van der Waals surface area contributed by atoms with Crippen molar-refractivity contribution in [1.29, 1.82) is 0 Å². The van der Waals surface area contributed by atoms with Gasteiger partial charge in [0.15, 0.2) is 0 Å². The molecule has 0 spiro atoms. The van der Waals surface area contributed by atoms with Crippen LogP contribution in [-0.2, 0) is 0 Å². The topological polar surface area (TPSA) is 52.0 Å². The van der Waals surface area contributed by atoms with Gasteiger partial charge in [-0.25, -0.2) is 4.39 Å². The predicted octanol–water partition coefficient (Wildman–Crippen LogP) is 1.63. The van der Waals surface area contributed by atoms with Gasteiger partial charge < -0.3 is 11.5 Å². The van der Waals surface area contributed by atoms with Crippen molar-refractivity contribution in [3.05, 3.63) is 35.6 Å². The molecule has 0 bridgehead atoms. The fourth-order valence-electron chi connectivity index (χ4n) is 0.846. The summed E-state index contributed by atoms with van der Waals surface area (Å²) in [5, 5.41) is 0. The molecule has 13 heavy (non-hydrogen) atoms. The van der Waals surface area contributed by atoms with Gasteiger partial charge in [0.2, 0.25) is 0 Å². The fraction of sp³-hybridized carbons (Fsp3) is 0.250. The van der Waals surface area contributed by atoms with E-state index in [4.69, 9.17) is 11.5 Å². The summed E-state index contributed by atoms with van der Waals surface area (Å²) in [5.74, 6) is -0.252. The lowest BCUT2D eigenvalue weighted by atomic mass is 10.1. The second kappa shape index (κ2) is 7.09. The van der Waals surface area contributed by atoms with Crippen LogP contribution in [0.1, 0.15) is 11.6 Å². The minimum atomic E-state index is -0.252. The fourth-order valence-corrected chi connectivity index (χ4v) is 0.846.